The van der Waals surface area contributed by atoms with Crippen molar-refractivity contribution < 1.29 is 4.42 Å². The van der Waals surface area contributed by atoms with Gasteiger partial charge in [0.05, 0.1) is 0 Å². The van der Waals surface area contributed by atoms with E-state index in [2.05, 4.69) is 123 Å². The quantitative estimate of drug-likeness (QED) is 0.195. The van der Waals surface area contributed by atoms with Crippen molar-refractivity contribution in [3.63, 3.8) is 0 Å². The molecule has 0 atom stereocenters. The standard InChI is InChI=1S/C37H24O/c1-37(2)34-29(20-19-28-23-13-9-10-18-30(23)38-36(28)34)32-27-17-8-7-16-26(27)31-24-14-5-3-11-21(24)22-12-4-6-15-25(22)33(31)35(32)37/h3-20H,1-2H3. The van der Waals surface area contributed by atoms with E-state index in [0.717, 1.165) is 11.2 Å². The molecule has 0 radical (unpaired) electrons. The number of benzene rings is 7. The number of fused-ring (bicyclic) bond motifs is 17. The maximum Gasteiger partial charge on any atom is 0.140 e. The summed E-state index contributed by atoms with van der Waals surface area (Å²) in [6.07, 6.45) is 0. The molecule has 1 aliphatic carbocycles. The Bertz CT molecular complexity index is 2310. The third-order valence-corrected chi connectivity index (χ3v) is 8.96. The maximum absolute atomic E-state index is 6.64. The summed E-state index contributed by atoms with van der Waals surface area (Å²) in [6.45, 7) is 4.78. The molecule has 1 heteroatoms. The highest BCUT2D eigenvalue weighted by molar-refractivity contribution is 6.35. The molecule has 9 rings (SSSR count). The fourth-order valence-electron chi connectivity index (χ4n) is 7.51. The van der Waals surface area contributed by atoms with Gasteiger partial charge >= 0.3 is 0 Å². The van der Waals surface area contributed by atoms with Gasteiger partial charge in [-0.1, -0.05) is 111 Å². The zero-order valence-corrected chi connectivity index (χ0v) is 21.3. The highest BCUT2D eigenvalue weighted by Crippen LogP contribution is 2.58. The van der Waals surface area contributed by atoms with Gasteiger partial charge in [0, 0.05) is 21.8 Å². The summed E-state index contributed by atoms with van der Waals surface area (Å²) in [4.78, 5) is 0. The number of rotatable bonds is 0. The van der Waals surface area contributed by atoms with Crippen LogP contribution in [0, 0.1) is 0 Å². The zero-order chi connectivity index (χ0) is 25.2. The molecule has 1 nitrogen and oxygen atoms in total. The lowest BCUT2D eigenvalue weighted by molar-refractivity contribution is 0.623. The summed E-state index contributed by atoms with van der Waals surface area (Å²) in [5.74, 6) is 0. The van der Waals surface area contributed by atoms with Crippen LogP contribution in [0.2, 0.25) is 0 Å². The van der Waals surface area contributed by atoms with Gasteiger partial charge in [-0.15, -0.1) is 0 Å². The molecule has 7 aromatic carbocycles. The van der Waals surface area contributed by atoms with E-state index >= 15 is 0 Å². The van der Waals surface area contributed by atoms with Gasteiger partial charge < -0.3 is 4.42 Å². The van der Waals surface area contributed by atoms with Crippen molar-refractivity contribution in [2.45, 2.75) is 19.3 Å². The van der Waals surface area contributed by atoms with Gasteiger partial charge in [-0.05, 0) is 71.9 Å². The summed E-state index contributed by atoms with van der Waals surface area (Å²) in [7, 11) is 0. The molecule has 0 spiro atoms. The number of hydrogen-bond donors (Lipinski definition) is 0. The first kappa shape index (κ1) is 20.4. The first-order chi connectivity index (χ1) is 18.6. The lowest BCUT2D eigenvalue weighted by Gasteiger charge is -2.25. The van der Waals surface area contributed by atoms with Crippen LogP contribution < -0.4 is 0 Å². The van der Waals surface area contributed by atoms with Crippen molar-refractivity contribution >= 4 is 65.0 Å². The minimum absolute atomic E-state index is 0.244. The summed E-state index contributed by atoms with van der Waals surface area (Å²) >= 11 is 0. The summed E-state index contributed by atoms with van der Waals surface area (Å²) in [6, 6.07) is 39.9. The van der Waals surface area contributed by atoms with Crippen molar-refractivity contribution in [3.8, 4) is 11.1 Å². The van der Waals surface area contributed by atoms with Gasteiger partial charge in [-0.3, -0.25) is 0 Å². The first-order valence-corrected chi connectivity index (χ1v) is 13.4. The molecule has 38 heavy (non-hydrogen) atoms. The smallest absolute Gasteiger partial charge is 0.140 e. The minimum atomic E-state index is -0.244. The topological polar surface area (TPSA) is 13.1 Å². The van der Waals surface area contributed by atoms with Crippen LogP contribution in [0.5, 0.6) is 0 Å². The van der Waals surface area contributed by atoms with Crippen molar-refractivity contribution in [2.75, 3.05) is 0 Å². The lowest BCUT2D eigenvalue weighted by Crippen LogP contribution is -2.16. The molecule has 0 fully saturated rings. The van der Waals surface area contributed by atoms with Crippen molar-refractivity contribution in [1.29, 1.82) is 0 Å². The fraction of sp³-hybridized carbons (Fsp3) is 0.0811. The Hall–Kier alpha value is -4.62. The van der Waals surface area contributed by atoms with Gasteiger partial charge in [0.2, 0.25) is 0 Å². The predicted octanol–water partition coefficient (Wildman–Crippen LogP) is 10.5. The van der Waals surface area contributed by atoms with Gasteiger partial charge in [0.25, 0.3) is 0 Å². The van der Waals surface area contributed by atoms with Crippen LogP contribution in [0.4, 0.5) is 0 Å². The Balaban J connectivity index is 1.60. The van der Waals surface area contributed by atoms with Crippen LogP contribution in [0.1, 0.15) is 25.0 Å². The molecule has 0 N–H and O–H groups in total. The Labute approximate surface area is 219 Å². The van der Waals surface area contributed by atoms with Crippen molar-refractivity contribution in [1.82, 2.24) is 0 Å². The minimum Gasteiger partial charge on any atom is -0.456 e. The fourth-order valence-corrected chi connectivity index (χ4v) is 7.51. The Morgan fingerprint density at radius 2 is 0.974 bits per heavy atom. The second-order valence-electron chi connectivity index (χ2n) is 11.2. The van der Waals surface area contributed by atoms with Crippen molar-refractivity contribution in [2.24, 2.45) is 0 Å². The maximum atomic E-state index is 6.64. The Morgan fingerprint density at radius 3 is 1.66 bits per heavy atom. The Morgan fingerprint density at radius 1 is 0.447 bits per heavy atom. The molecule has 8 aromatic rings. The second kappa shape index (κ2) is 6.82. The molecular weight excluding hydrogens is 460 g/mol. The van der Waals surface area contributed by atoms with Crippen LogP contribution >= 0.6 is 0 Å². The second-order valence-corrected chi connectivity index (χ2v) is 11.2. The average Bonchev–Trinajstić information content (AvgIpc) is 3.45. The summed E-state index contributed by atoms with van der Waals surface area (Å²) in [5, 5.41) is 13.0. The molecule has 0 saturated heterocycles. The van der Waals surface area contributed by atoms with E-state index in [4.69, 9.17) is 4.42 Å². The average molecular weight is 485 g/mol. The lowest BCUT2D eigenvalue weighted by atomic mass is 9.77. The molecule has 1 aliphatic rings. The monoisotopic (exact) mass is 484 g/mol. The third kappa shape index (κ3) is 2.29. The zero-order valence-electron chi connectivity index (χ0n) is 21.3. The molecule has 178 valence electrons. The van der Waals surface area contributed by atoms with E-state index in [1.807, 2.05) is 0 Å². The molecule has 0 aliphatic heterocycles. The van der Waals surface area contributed by atoms with Crippen LogP contribution in [0.25, 0.3) is 76.2 Å². The highest BCUT2D eigenvalue weighted by Gasteiger charge is 2.41. The summed E-state index contributed by atoms with van der Waals surface area (Å²) in [5.41, 5.74) is 7.10. The van der Waals surface area contributed by atoms with E-state index in [1.165, 1.54) is 76.1 Å². The molecule has 0 bridgehead atoms. The van der Waals surface area contributed by atoms with Crippen LogP contribution in [-0.4, -0.2) is 0 Å². The van der Waals surface area contributed by atoms with E-state index in [9.17, 15) is 0 Å². The van der Waals surface area contributed by atoms with E-state index < -0.39 is 0 Å². The Kier molecular flexibility index (Phi) is 3.67. The van der Waals surface area contributed by atoms with E-state index in [1.54, 1.807) is 0 Å². The number of furan rings is 1. The molecule has 0 saturated carbocycles. The number of hydrogen-bond acceptors (Lipinski definition) is 1. The molecule has 1 aromatic heterocycles. The molecule has 0 amide bonds. The molecule has 1 heterocycles. The molecular formula is C37H24O. The van der Waals surface area contributed by atoms with Gasteiger partial charge in [-0.2, -0.15) is 0 Å². The predicted molar refractivity (Wildman–Crippen MR) is 161 cm³/mol. The number of para-hydroxylation sites is 1. The van der Waals surface area contributed by atoms with Crippen LogP contribution in [0.3, 0.4) is 0 Å². The van der Waals surface area contributed by atoms with Gasteiger partial charge in [0.15, 0.2) is 0 Å². The summed E-state index contributed by atoms with van der Waals surface area (Å²) < 4.78 is 6.64. The van der Waals surface area contributed by atoms with E-state index in [0.29, 0.717) is 0 Å². The third-order valence-electron chi connectivity index (χ3n) is 8.96. The van der Waals surface area contributed by atoms with E-state index in [-0.39, 0.29) is 5.41 Å². The van der Waals surface area contributed by atoms with Crippen molar-refractivity contribution in [3.05, 3.63) is 120 Å². The molecule has 0 unspecified atom stereocenters. The van der Waals surface area contributed by atoms with Crippen LogP contribution in [0.15, 0.2) is 114 Å². The van der Waals surface area contributed by atoms with Gasteiger partial charge in [0.1, 0.15) is 11.2 Å². The largest absolute Gasteiger partial charge is 0.456 e. The van der Waals surface area contributed by atoms with Gasteiger partial charge in [-0.25, -0.2) is 0 Å². The highest BCUT2D eigenvalue weighted by atomic mass is 16.3. The first-order valence-electron chi connectivity index (χ1n) is 13.4. The van der Waals surface area contributed by atoms with Crippen LogP contribution in [-0.2, 0) is 5.41 Å². The SMILES string of the molecule is CC1(C)c2c(ccc3c2oc2ccccc23)-c2c1c1c3ccccc3c3ccccc3c1c1ccccc21. The normalized spacial score (nSPS) is 14.3.